The molecule has 0 aliphatic rings. The standard InChI is InChI=1S/C11H14ClF3N2O/c1-7(2)10-16-6-9(8(5-12)17-10)18-4-3-11(13,14)15/h6-7H,3-5H2,1-2H3. The van der Waals surface area contributed by atoms with E-state index in [1.807, 2.05) is 13.8 Å². The van der Waals surface area contributed by atoms with Crippen molar-refractivity contribution >= 4 is 11.6 Å². The first-order chi connectivity index (χ1) is 8.33. The molecule has 0 saturated carbocycles. The Bertz CT molecular complexity index is 396. The zero-order chi connectivity index (χ0) is 13.8. The zero-order valence-electron chi connectivity index (χ0n) is 10.1. The number of rotatable bonds is 5. The molecule has 1 heterocycles. The Balaban J connectivity index is 2.71. The summed E-state index contributed by atoms with van der Waals surface area (Å²) in [5.74, 6) is 0.993. The van der Waals surface area contributed by atoms with Crippen LogP contribution in [-0.2, 0) is 5.88 Å². The molecule has 0 unspecified atom stereocenters. The third kappa shape index (κ3) is 4.68. The minimum Gasteiger partial charge on any atom is -0.490 e. The van der Waals surface area contributed by atoms with Crippen molar-refractivity contribution in [1.29, 1.82) is 0 Å². The number of halogens is 4. The van der Waals surface area contributed by atoms with E-state index in [4.69, 9.17) is 16.3 Å². The Morgan fingerprint density at radius 1 is 1.39 bits per heavy atom. The molecule has 0 N–H and O–H groups in total. The summed E-state index contributed by atoms with van der Waals surface area (Å²) in [5.41, 5.74) is 0.414. The van der Waals surface area contributed by atoms with Gasteiger partial charge in [-0.1, -0.05) is 13.8 Å². The van der Waals surface area contributed by atoms with Gasteiger partial charge in [-0.3, -0.25) is 0 Å². The van der Waals surface area contributed by atoms with Crippen molar-refractivity contribution < 1.29 is 17.9 Å². The predicted octanol–water partition coefficient (Wildman–Crippen LogP) is 3.67. The van der Waals surface area contributed by atoms with E-state index >= 15 is 0 Å². The fourth-order valence-electron chi connectivity index (χ4n) is 1.19. The highest BCUT2D eigenvalue weighted by molar-refractivity contribution is 6.17. The van der Waals surface area contributed by atoms with Crippen LogP contribution in [0.3, 0.4) is 0 Å². The molecule has 0 aliphatic heterocycles. The molecule has 0 bridgehead atoms. The first-order valence-corrected chi connectivity index (χ1v) is 5.98. The molecule has 102 valence electrons. The predicted molar refractivity (Wildman–Crippen MR) is 61.8 cm³/mol. The van der Waals surface area contributed by atoms with E-state index in [1.54, 1.807) is 0 Å². The highest BCUT2D eigenvalue weighted by atomic mass is 35.5. The van der Waals surface area contributed by atoms with Crippen LogP contribution < -0.4 is 4.74 Å². The van der Waals surface area contributed by atoms with Crippen molar-refractivity contribution in [3.05, 3.63) is 17.7 Å². The highest BCUT2D eigenvalue weighted by Gasteiger charge is 2.27. The van der Waals surface area contributed by atoms with Gasteiger partial charge in [0, 0.05) is 5.92 Å². The van der Waals surface area contributed by atoms with E-state index in [0.717, 1.165) is 0 Å². The van der Waals surface area contributed by atoms with Crippen molar-refractivity contribution in [2.75, 3.05) is 6.61 Å². The molecule has 0 atom stereocenters. The molecule has 1 rings (SSSR count). The minimum atomic E-state index is -4.24. The maximum Gasteiger partial charge on any atom is 0.392 e. The van der Waals surface area contributed by atoms with Crippen LogP contribution in [0.2, 0.25) is 0 Å². The molecule has 18 heavy (non-hydrogen) atoms. The summed E-state index contributed by atoms with van der Waals surface area (Å²) in [4.78, 5) is 8.18. The van der Waals surface area contributed by atoms with Gasteiger partial charge in [0.25, 0.3) is 0 Å². The van der Waals surface area contributed by atoms with Crippen molar-refractivity contribution in [2.45, 2.75) is 38.2 Å². The maximum absolute atomic E-state index is 12.0. The smallest absolute Gasteiger partial charge is 0.392 e. The van der Waals surface area contributed by atoms with Gasteiger partial charge in [-0.25, -0.2) is 9.97 Å². The molecule has 1 aromatic heterocycles. The van der Waals surface area contributed by atoms with Crippen LogP contribution in [-0.4, -0.2) is 22.8 Å². The van der Waals surface area contributed by atoms with Crippen molar-refractivity contribution in [3.8, 4) is 5.75 Å². The minimum absolute atomic E-state index is 0.0730. The SMILES string of the molecule is CC(C)c1ncc(OCCC(F)(F)F)c(CCl)n1. The Labute approximate surface area is 108 Å². The van der Waals surface area contributed by atoms with Crippen LogP contribution in [0.15, 0.2) is 6.20 Å². The van der Waals surface area contributed by atoms with Crippen molar-refractivity contribution in [3.63, 3.8) is 0 Å². The second kappa shape index (κ2) is 6.22. The number of alkyl halides is 4. The Kier molecular flexibility index (Phi) is 5.19. The average Bonchev–Trinajstić information content (AvgIpc) is 2.27. The topological polar surface area (TPSA) is 35.0 Å². The number of aromatic nitrogens is 2. The van der Waals surface area contributed by atoms with Crippen molar-refractivity contribution in [1.82, 2.24) is 9.97 Å². The summed E-state index contributed by atoms with van der Waals surface area (Å²) in [6, 6.07) is 0. The molecule has 1 aromatic rings. The monoisotopic (exact) mass is 282 g/mol. The average molecular weight is 283 g/mol. The van der Waals surface area contributed by atoms with Crippen LogP contribution in [0.4, 0.5) is 13.2 Å². The molecule has 7 heteroatoms. The van der Waals surface area contributed by atoms with Crippen LogP contribution in [0.25, 0.3) is 0 Å². The van der Waals surface area contributed by atoms with Gasteiger partial charge in [0.05, 0.1) is 25.1 Å². The molecule has 0 spiro atoms. The molecule has 0 fully saturated rings. The largest absolute Gasteiger partial charge is 0.490 e. The molecule has 3 nitrogen and oxygen atoms in total. The van der Waals surface area contributed by atoms with E-state index < -0.39 is 19.2 Å². The molecule has 0 amide bonds. The first kappa shape index (κ1) is 15.0. The lowest BCUT2D eigenvalue weighted by atomic mass is 10.2. The Morgan fingerprint density at radius 2 is 2.06 bits per heavy atom. The van der Waals surface area contributed by atoms with E-state index in [9.17, 15) is 13.2 Å². The maximum atomic E-state index is 12.0. The summed E-state index contributed by atoms with van der Waals surface area (Å²) >= 11 is 5.69. The second-order valence-electron chi connectivity index (χ2n) is 4.04. The van der Waals surface area contributed by atoms with Crippen LogP contribution in [0.1, 0.15) is 37.7 Å². The Hall–Kier alpha value is -1.04. The molecular weight excluding hydrogens is 269 g/mol. The molecule has 0 radical (unpaired) electrons. The second-order valence-corrected chi connectivity index (χ2v) is 4.31. The summed E-state index contributed by atoms with van der Waals surface area (Å²) in [6.45, 7) is 3.37. The van der Waals surface area contributed by atoms with Gasteiger partial charge in [-0.05, 0) is 0 Å². The lowest BCUT2D eigenvalue weighted by molar-refractivity contribution is -0.139. The van der Waals surface area contributed by atoms with Crippen molar-refractivity contribution in [2.24, 2.45) is 0 Å². The molecule has 0 aromatic carbocycles. The molecule has 0 saturated heterocycles. The third-order valence-corrected chi connectivity index (χ3v) is 2.39. The summed E-state index contributed by atoms with van der Waals surface area (Å²) in [6.07, 6.45) is -3.88. The zero-order valence-corrected chi connectivity index (χ0v) is 10.8. The quantitative estimate of drug-likeness (QED) is 0.773. The summed E-state index contributed by atoms with van der Waals surface area (Å²) in [5, 5.41) is 0. The number of hydrogen-bond acceptors (Lipinski definition) is 3. The van der Waals surface area contributed by atoms with Gasteiger partial charge in [0.15, 0.2) is 5.75 Å². The fraction of sp³-hybridized carbons (Fsp3) is 0.636. The lowest BCUT2D eigenvalue weighted by Gasteiger charge is -2.12. The van der Waals surface area contributed by atoms with E-state index in [-0.39, 0.29) is 17.5 Å². The van der Waals surface area contributed by atoms with Gasteiger partial charge < -0.3 is 4.74 Å². The van der Waals surface area contributed by atoms with Crippen LogP contribution in [0, 0.1) is 0 Å². The highest BCUT2D eigenvalue weighted by Crippen LogP contribution is 2.23. The van der Waals surface area contributed by atoms with Gasteiger partial charge in [0.2, 0.25) is 0 Å². The molecule has 0 aliphatic carbocycles. The number of hydrogen-bond donors (Lipinski definition) is 0. The van der Waals surface area contributed by atoms with E-state index in [2.05, 4.69) is 9.97 Å². The van der Waals surface area contributed by atoms with Crippen LogP contribution in [0.5, 0.6) is 5.75 Å². The van der Waals surface area contributed by atoms with E-state index in [0.29, 0.717) is 11.5 Å². The lowest BCUT2D eigenvalue weighted by Crippen LogP contribution is -2.14. The number of nitrogens with zero attached hydrogens (tertiary/aromatic N) is 2. The number of ether oxygens (including phenoxy) is 1. The van der Waals surface area contributed by atoms with Gasteiger partial charge in [-0.2, -0.15) is 13.2 Å². The fourth-order valence-corrected chi connectivity index (χ4v) is 1.38. The normalized spacial score (nSPS) is 11.9. The molecular formula is C11H14ClF3N2O. The van der Waals surface area contributed by atoms with Crippen LogP contribution >= 0.6 is 11.6 Å². The summed E-state index contributed by atoms with van der Waals surface area (Å²) < 4.78 is 40.9. The third-order valence-electron chi connectivity index (χ3n) is 2.13. The van der Waals surface area contributed by atoms with E-state index in [1.165, 1.54) is 6.20 Å². The van der Waals surface area contributed by atoms with Gasteiger partial charge in [0.1, 0.15) is 11.5 Å². The summed E-state index contributed by atoms with van der Waals surface area (Å²) in [7, 11) is 0. The van der Waals surface area contributed by atoms with Gasteiger partial charge >= 0.3 is 6.18 Å². The Morgan fingerprint density at radius 3 is 2.56 bits per heavy atom. The first-order valence-electron chi connectivity index (χ1n) is 5.45. The van der Waals surface area contributed by atoms with Gasteiger partial charge in [-0.15, -0.1) is 11.6 Å².